The number of hydrogen-bond donors (Lipinski definition) is 1. The summed E-state index contributed by atoms with van der Waals surface area (Å²) in [6.45, 7) is 6.35. The van der Waals surface area contributed by atoms with E-state index >= 15 is 0 Å². The van der Waals surface area contributed by atoms with Crippen LogP contribution in [0.1, 0.15) is 18.9 Å². The van der Waals surface area contributed by atoms with Gasteiger partial charge in [-0.15, -0.1) is 24.0 Å². The van der Waals surface area contributed by atoms with Crippen LogP contribution in [-0.2, 0) is 11.3 Å². The molecular formula is C21H30IN3O2. The summed E-state index contributed by atoms with van der Waals surface area (Å²) < 4.78 is 10.8. The first kappa shape index (κ1) is 21.8. The number of halogens is 1. The zero-order chi connectivity index (χ0) is 18.4. The highest BCUT2D eigenvalue weighted by Gasteiger charge is 2.19. The third-order valence-electron chi connectivity index (χ3n) is 4.78. The summed E-state index contributed by atoms with van der Waals surface area (Å²) in [7, 11) is 3.80. The van der Waals surface area contributed by atoms with Crippen molar-refractivity contribution in [3.05, 3.63) is 42.0 Å². The van der Waals surface area contributed by atoms with Gasteiger partial charge in [0.25, 0.3) is 0 Å². The predicted molar refractivity (Wildman–Crippen MR) is 122 cm³/mol. The molecule has 148 valence electrons. The van der Waals surface area contributed by atoms with E-state index in [9.17, 15) is 0 Å². The minimum absolute atomic E-state index is 0. The van der Waals surface area contributed by atoms with Crippen molar-refractivity contribution >= 4 is 40.7 Å². The molecule has 1 aliphatic rings. The molecule has 0 bridgehead atoms. The van der Waals surface area contributed by atoms with E-state index in [0.29, 0.717) is 12.5 Å². The third-order valence-corrected chi connectivity index (χ3v) is 4.78. The van der Waals surface area contributed by atoms with E-state index in [4.69, 9.17) is 14.5 Å². The Bertz CT molecular complexity index is 760. The molecule has 1 aliphatic heterocycles. The van der Waals surface area contributed by atoms with Gasteiger partial charge in [-0.2, -0.15) is 0 Å². The molecule has 0 aliphatic carbocycles. The monoisotopic (exact) mass is 483 g/mol. The second-order valence-electron chi connectivity index (χ2n) is 6.83. The van der Waals surface area contributed by atoms with Gasteiger partial charge >= 0.3 is 0 Å². The van der Waals surface area contributed by atoms with E-state index in [0.717, 1.165) is 44.4 Å². The van der Waals surface area contributed by atoms with Crippen LogP contribution in [0.25, 0.3) is 10.8 Å². The van der Waals surface area contributed by atoms with Crippen LogP contribution in [0, 0.1) is 5.92 Å². The standard InChI is InChI=1S/C21H29N3O2.HI/c1-4-22-21(24(2)14-17-9-10-26-15-17)23-13-16-5-6-19-12-20(25-3)8-7-18(19)11-16;/h5-8,11-12,17H,4,9-10,13-15H2,1-3H3,(H,22,23);1H. The molecule has 0 saturated carbocycles. The number of hydrogen-bond acceptors (Lipinski definition) is 3. The lowest BCUT2D eigenvalue weighted by atomic mass is 10.1. The van der Waals surface area contributed by atoms with Crippen molar-refractivity contribution in [3.8, 4) is 5.75 Å². The van der Waals surface area contributed by atoms with E-state index in [2.05, 4.69) is 54.5 Å². The van der Waals surface area contributed by atoms with Crippen molar-refractivity contribution in [3.63, 3.8) is 0 Å². The van der Waals surface area contributed by atoms with E-state index in [1.165, 1.54) is 16.3 Å². The smallest absolute Gasteiger partial charge is 0.193 e. The quantitative estimate of drug-likeness (QED) is 0.385. The van der Waals surface area contributed by atoms with Crippen LogP contribution in [-0.4, -0.2) is 51.3 Å². The van der Waals surface area contributed by atoms with Crippen molar-refractivity contribution in [2.45, 2.75) is 19.9 Å². The van der Waals surface area contributed by atoms with Crippen LogP contribution < -0.4 is 10.1 Å². The van der Waals surface area contributed by atoms with Gasteiger partial charge in [0.05, 0.1) is 20.3 Å². The molecule has 1 heterocycles. The van der Waals surface area contributed by atoms with E-state index in [1.807, 2.05) is 6.07 Å². The minimum atomic E-state index is 0. The van der Waals surface area contributed by atoms with Crippen LogP contribution in [0.4, 0.5) is 0 Å². The SMILES string of the molecule is CCNC(=NCc1ccc2cc(OC)ccc2c1)N(C)CC1CCOC1.I. The Hall–Kier alpha value is -1.54. The van der Waals surface area contributed by atoms with Crippen LogP contribution in [0.2, 0.25) is 0 Å². The molecule has 0 amide bonds. The highest BCUT2D eigenvalue weighted by molar-refractivity contribution is 14.0. The second-order valence-corrected chi connectivity index (χ2v) is 6.83. The second kappa shape index (κ2) is 10.7. The first-order valence-electron chi connectivity index (χ1n) is 9.33. The molecule has 5 nitrogen and oxygen atoms in total. The normalized spacial score (nSPS) is 16.9. The Morgan fingerprint density at radius 3 is 2.74 bits per heavy atom. The Morgan fingerprint density at radius 1 is 1.26 bits per heavy atom. The van der Waals surface area contributed by atoms with Crippen LogP contribution in [0.3, 0.4) is 0 Å². The van der Waals surface area contributed by atoms with Gasteiger partial charge < -0.3 is 19.7 Å². The third kappa shape index (κ3) is 5.97. The number of methoxy groups -OCH3 is 1. The molecule has 1 saturated heterocycles. The van der Waals surface area contributed by atoms with Crippen molar-refractivity contribution < 1.29 is 9.47 Å². The molecule has 3 rings (SSSR count). The summed E-state index contributed by atoms with van der Waals surface area (Å²) in [5, 5.41) is 5.79. The van der Waals surface area contributed by atoms with Gasteiger partial charge in [0.1, 0.15) is 5.75 Å². The topological polar surface area (TPSA) is 46.1 Å². The summed E-state index contributed by atoms with van der Waals surface area (Å²) in [5.41, 5.74) is 1.20. The lowest BCUT2D eigenvalue weighted by molar-refractivity contribution is 0.181. The number of benzene rings is 2. The van der Waals surface area contributed by atoms with E-state index in [1.54, 1.807) is 7.11 Å². The minimum Gasteiger partial charge on any atom is -0.497 e. The number of aliphatic imine (C=N–C) groups is 1. The summed E-state index contributed by atoms with van der Waals surface area (Å²) >= 11 is 0. The highest BCUT2D eigenvalue weighted by atomic mass is 127. The molecule has 1 unspecified atom stereocenters. The fourth-order valence-corrected chi connectivity index (χ4v) is 3.34. The zero-order valence-electron chi connectivity index (χ0n) is 16.4. The van der Waals surface area contributed by atoms with Gasteiger partial charge in [-0.05, 0) is 47.9 Å². The van der Waals surface area contributed by atoms with Gasteiger partial charge in [-0.3, -0.25) is 0 Å². The predicted octanol–water partition coefficient (Wildman–Crippen LogP) is 3.90. The summed E-state index contributed by atoms with van der Waals surface area (Å²) in [4.78, 5) is 7.05. The van der Waals surface area contributed by atoms with Crippen LogP contribution in [0.5, 0.6) is 5.75 Å². The van der Waals surface area contributed by atoms with Gasteiger partial charge in [0.15, 0.2) is 5.96 Å². The van der Waals surface area contributed by atoms with Crippen LogP contribution >= 0.6 is 24.0 Å². The largest absolute Gasteiger partial charge is 0.497 e. The molecule has 0 aromatic heterocycles. The van der Waals surface area contributed by atoms with Crippen LogP contribution in [0.15, 0.2) is 41.4 Å². The molecule has 2 aromatic rings. The average molecular weight is 483 g/mol. The van der Waals surface area contributed by atoms with E-state index < -0.39 is 0 Å². The van der Waals surface area contributed by atoms with Crippen molar-refractivity contribution in [1.82, 2.24) is 10.2 Å². The van der Waals surface area contributed by atoms with Gasteiger partial charge in [0, 0.05) is 32.7 Å². The van der Waals surface area contributed by atoms with Gasteiger partial charge in [-0.25, -0.2) is 4.99 Å². The molecule has 27 heavy (non-hydrogen) atoms. The fraction of sp³-hybridized carbons (Fsp3) is 0.476. The maximum Gasteiger partial charge on any atom is 0.193 e. The fourth-order valence-electron chi connectivity index (χ4n) is 3.34. The number of guanidine groups is 1. The first-order chi connectivity index (χ1) is 12.7. The Labute approximate surface area is 179 Å². The van der Waals surface area contributed by atoms with Gasteiger partial charge in [0.2, 0.25) is 0 Å². The maximum absolute atomic E-state index is 5.49. The maximum atomic E-state index is 5.49. The van der Waals surface area contributed by atoms with Crippen molar-refractivity contribution in [2.24, 2.45) is 10.9 Å². The number of fused-ring (bicyclic) bond motifs is 1. The number of rotatable bonds is 6. The number of nitrogens with one attached hydrogen (secondary N) is 1. The average Bonchev–Trinajstić information content (AvgIpc) is 3.17. The van der Waals surface area contributed by atoms with E-state index in [-0.39, 0.29) is 24.0 Å². The molecule has 1 fully saturated rings. The number of nitrogens with zero attached hydrogens (tertiary/aromatic N) is 2. The lowest BCUT2D eigenvalue weighted by Crippen LogP contribution is -2.41. The molecular weight excluding hydrogens is 453 g/mol. The number of ether oxygens (including phenoxy) is 2. The summed E-state index contributed by atoms with van der Waals surface area (Å²) in [5.74, 6) is 2.43. The lowest BCUT2D eigenvalue weighted by Gasteiger charge is -2.24. The Kier molecular flexibility index (Phi) is 8.63. The zero-order valence-corrected chi connectivity index (χ0v) is 18.7. The Balaban J connectivity index is 0.00000261. The summed E-state index contributed by atoms with van der Waals surface area (Å²) in [6, 6.07) is 12.6. The first-order valence-corrected chi connectivity index (χ1v) is 9.33. The molecule has 2 aromatic carbocycles. The Morgan fingerprint density at radius 2 is 2.04 bits per heavy atom. The van der Waals surface area contributed by atoms with Crippen molar-refractivity contribution in [1.29, 1.82) is 0 Å². The van der Waals surface area contributed by atoms with Gasteiger partial charge in [-0.1, -0.05) is 18.2 Å². The molecule has 0 spiro atoms. The molecule has 6 heteroatoms. The molecule has 0 radical (unpaired) electrons. The van der Waals surface area contributed by atoms with Crippen molar-refractivity contribution in [2.75, 3.05) is 40.5 Å². The molecule has 1 N–H and O–H groups in total. The molecule has 1 atom stereocenters. The highest BCUT2D eigenvalue weighted by Crippen LogP contribution is 2.22. The summed E-state index contributed by atoms with van der Waals surface area (Å²) in [6.07, 6.45) is 1.14.